The molecule has 0 saturated carbocycles. The Morgan fingerprint density at radius 2 is 2.18 bits per heavy atom. The van der Waals surface area contributed by atoms with Crippen LogP contribution in [0.5, 0.6) is 0 Å². The summed E-state index contributed by atoms with van der Waals surface area (Å²) in [4.78, 5) is 11.6. The summed E-state index contributed by atoms with van der Waals surface area (Å²) in [7, 11) is 0. The minimum Gasteiger partial charge on any atom is -0.381 e. The average Bonchev–Trinajstić information content (AvgIpc) is 2.31. The predicted octanol–water partition coefficient (Wildman–Crippen LogP) is 0.798. The largest absolute Gasteiger partial charge is 0.381 e. The lowest BCUT2D eigenvalue weighted by molar-refractivity contribution is -0.126. The fourth-order valence-electron chi connectivity index (χ4n) is 1.80. The molecular formula is C13H18N2O2. The lowest BCUT2D eigenvalue weighted by atomic mass is 10.0. The first-order chi connectivity index (χ1) is 8.28. The molecule has 1 aliphatic rings. The summed E-state index contributed by atoms with van der Waals surface area (Å²) in [6, 6.07) is 7.96. The Kier molecular flexibility index (Phi) is 4.12. The van der Waals surface area contributed by atoms with Crippen molar-refractivity contribution in [3.63, 3.8) is 0 Å². The van der Waals surface area contributed by atoms with Gasteiger partial charge in [0.25, 0.3) is 0 Å². The van der Waals surface area contributed by atoms with Crippen LogP contribution >= 0.6 is 0 Å². The first-order valence-electron chi connectivity index (χ1n) is 5.90. The van der Waals surface area contributed by atoms with Crippen molar-refractivity contribution >= 4 is 5.91 Å². The van der Waals surface area contributed by atoms with Crippen molar-refractivity contribution in [2.24, 2.45) is 11.7 Å². The number of carbonyl (C=O) groups excluding carboxylic acids is 1. The summed E-state index contributed by atoms with van der Waals surface area (Å²) in [6.07, 6.45) is 0.566. The number of ether oxygens (including phenoxy) is 1. The fraction of sp³-hybridized carbons (Fsp3) is 0.462. The molecule has 0 spiro atoms. The van der Waals surface area contributed by atoms with Gasteiger partial charge in [0.05, 0.1) is 13.2 Å². The van der Waals surface area contributed by atoms with Gasteiger partial charge in [-0.25, -0.2) is 0 Å². The summed E-state index contributed by atoms with van der Waals surface area (Å²) < 4.78 is 5.03. The molecule has 2 rings (SSSR count). The molecule has 3 N–H and O–H groups in total. The summed E-state index contributed by atoms with van der Waals surface area (Å²) in [5, 5.41) is 2.91. The Labute approximate surface area is 101 Å². The van der Waals surface area contributed by atoms with Crippen LogP contribution in [0.15, 0.2) is 24.3 Å². The fourth-order valence-corrected chi connectivity index (χ4v) is 1.80. The standard InChI is InChI=1S/C13H18N2O2/c14-6-10-2-1-3-11(4-10)7-15-13(16)5-12-8-17-9-12/h1-4,12H,5-9,14H2,(H,15,16). The molecule has 1 fully saturated rings. The van der Waals surface area contributed by atoms with E-state index in [2.05, 4.69) is 5.32 Å². The van der Waals surface area contributed by atoms with Gasteiger partial charge < -0.3 is 15.8 Å². The van der Waals surface area contributed by atoms with E-state index >= 15 is 0 Å². The zero-order valence-electron chi connectivity index (χ0n) is 9.82. The Morgan fingerprint density at radius 3 is 2.82 bits per heavy atom. The van der Waals surface area contributed by atoms with Gasteiger partial charge in [0.15, 0.2) is 0 Å². The zero-order valence-corrected chi connectivity index (χ0v) is 9.82. The minimum absolute atomic E-state index is 0.0939. The van der Waals surface area contributed by atoms with Crippen molar-refractivity contribution in [2.45, 2.75) is 19.5 Å². The number of nitrogens with two attached hydrogens (primary N) is 1. The molecule has 1 amide bonds. The monoisotopic (exact) mass is 234 g/mol. The van der Waals surface area contributed by atoms with E-state index in [9.17, 15) is 4.79 Å². The first-order valence-corrected chi connectivity index (χ1v) is 5.90. The maximum absolute atomic E-state index is 11.6. The normalized spacial score (nSPS) is 15.4. The Morgan fingerprint density at radius 1 is 1.41 bits per heavy atom. The number of benzene rings is 1. The topological polar surface area (TPSA) is 64.3 Å². The maximum atomic E-state index is 11.6. The summed E-state index contributed by atoms with van der Waals surface area (Å²) in [6.45, 7) is 2.54. The van der Waals surface area contributed by atoms with Crippen molar-refractivity contribution < 1.29 is 9.53 Å². The molecular weight excluding hydrogens is 216 g/mol. The molecule has 4 nitrogen and oxygen atoms in total. The molecule has 0 radical (unpaired) electrons. The van der Waals surface area contributed by atoms with Crippen molar-refractivity contribution in [2.75, 3.05) is 13.2 Å². The Balaban J connectivity index is 1.77. The number of amides is 1. The van der Waals surface area contributed by atoms with E-state index in [0.29, 0.717) is 25.4 Å². The molecule has 1 aliphatic heterocycles. The Bertz CT molecular complexity index is 389. The van der Waals surface area contributed by atoms with Crippen LogP contribution in [-0.4, -0.2) is 19.1 Å². The second kappa shape index (κ2) is 5.80. The minimum atomic E-state index is 0.0939. The zero-order chi connectivity index (χ0) is 12.1. The van der Waals surface area contributed by atoms with Crippen LogP contribution in [0.4, 0.5) is 0 Å². The molecule has 1 saturated heterocycles. The van der Waals surface area contributed by atoms with Crippen LogP contribution in [-0.2, 0) is 22.6 Å². The third-order valence-corrected chi connectivity index (χ3v) is 2.90. The van der Waals surface area contributed by atoms with Crippen LogP contribution in [0.3, 0.4) is 0 Å². The van der Waals surface area contributed by atoms with Gasteiger partial charge >= 0.3 is 0 Å². The highest BCUT2D eigenvalue weighted by Gasteiger charge is 2.21. The average molecular weight is 234 g/mol. The van der Waals surface area contributed by atoms with Gasteiger partial charge in [0.2, 0.25) is 5.91 Å². The molecule has 4 heteroatoms. The molecule has 17 heavy (non-hydrogen) atoms. The molecule has 92 valence electrons. The summed E-state index contributed by atoms with van der Waals surface area (Å²) >= 11 is 0. The molecule has 1 heterocycles. The third-order valence-electron chi connectivity index (χ3n) is 2.90. The van der Waals surface area contributed by atoms with Gasteiger partial charge in [-0.2, -0.15) is 0 Å². The number of rotatable bonds is 5. The summed E-state index contributed by atoms with van der Waals surface area (Å²) in [5.74, 6) is 0.502. The van der Waals surface area contributed by atoms with E-state index in [1.807, 2.05) is 24.3 Å². The van der Waals surface area contributed by atoms with Crippen molar-refractivity contribution in [1.82, 2.24) is 5.32 Å². The van der Waals surface area contributed by atoms with Crippen LogP contribution in [0.2, 0.25) is 0 Å². The van der Waals surface area contributed by atoms with E-state index < -0.39 is 0 Å². The molecule has 0 bridgehead atoms. The summed E-state index contributed by atoms with van der Waals surface area (Å²) in [5.41, 5.74) is 7.74. The lowest BCUT2D eigenvalue weighted by Crippen LogP contribution is -2.34. The molecule has 1 aromatic carbocycles. The number of hydrogen-bond acceptors (Lipinski definition) is 3. The highest BCUT2D eigenvalue weighted by molar-refractivity contribution is 5.76. The van der Waals surface area contributed by atoms with E-state index in [4.69, 9.17) is 10.5 Å². The van der Waals surface area contributed by atoms with Gasteiger partial charge in [-0.05, 0) is 11.1 Å². The smallest absolute Gasteiger partial charge is 0.220 e. The molecule has 0 aliphatic carbocycles. The van der Waals surface area contributed by atoms with Gasteiger partial charge in [-0.3, -0.25) is 4.79 Å². The lowest BCUT2D eigenvalue weighted by Gasteiger charge is -2.25. The predicted molar refractivity (Wildman–Crippen MR) is 65.1 cm³/mol. The Hall–Kier alpha value is -1.39. The second-order valence-corrected chi connectivity index (χ2v) is 4.41. The number of hydrogen-bond donors (Lipinski definition) is 2. The third kappa shape index (κ3) is 3.54. The van der Waals surface area contributed by atoms with E-state index in [1.54, 1.807) is 0 Å². The molecule has 1 aromatic rings. The second-order valence-electron chi connectivity index (χ2n) is 4.41. The van der Waals surface area contributed by atoms with Gasteiger partial charge in [-0.1, -0.05) is 24.3 Å². The van der Waals surface area contributed by atoms with Crippen LogP contribution < -0.4 is 11.1 Å². The van der Waals surface area contributed by atoms with E-state index in [-0.39, 0.29) is 5.91 Å². The van der Waals surface area contributed by atoms with Gasteiger partial charge in [0, 0.05) is 25.4 Å². The highest BCUT2D eigenvalue weighted by atomic mass is 16.5. The number of carbonyl (C=O) groups is 1. The van der Waals surface area contributed by atoms with Crippen LogP contribution in [0.25, 0.3) is 0 Å². The van der Waals surface area contributed by atoms with Crippen molar-refractivity contribution in [3.05, 3.63) is 35.4 Å². The first kappa shape index (κ1) is 12.1. The quantitative estimate of drug-likeness (QED) is 0.792. The number of nitrogens with one attached hydrogen (secondary N) is 1. The van der Waals surface area contributed by atoms with Crippen LogP contribution in [0.1, 0.15) is 17.5 Å². The molecule has 0 aromatic heterocycles. The van der Waals surface area contributed by atoms with E-state index in [0.717, 1.165) is 24.3 Å². The van der Waals surface area contributed by atoms with E-state index in [1.165, 1.54) is 0 Å². The van der Waals surface area contributed by atoms with Crippen molar-refractivity contribution in [1.29, 1.82) is 0 Å². The molecule has 0 unspecified atom stereocenters. The maximum Gasteiger partial charge on any atom is 0.220 e. The van der Waals surface area contributed by atoms with Crippen molar-refractivity contribution in [3.8, 4) is 0 Å². The highest BCUT2D eigenvalue weighted by Crippen LogP contribution is 2.13. The molecule has 0 atom stereocenters. The van der Waals surface area contributed by atoms with Crippen LogP contribution in [0, 0.1) is 5.92 Å². The van der Waals surface area contributed by atoms with Gasteiger partial charge in [0.1, 0.15) is 0 Å². The SMILES string of the molecule is NCc1cccc(CNC(=O)CC2COC2)c1. The van der Waals surface area contributed by atoms with Gasteiger partial charge in [-0.15, -0.1) is 0 Å².